The van der Waals surface area contributed by atoms with Crippen LogP contribution in [0.1, 0.15) is 26.0 Å². The molecule has 0 saturated carbocycles. The van der Waals surface area contributed by atoms with Crippen molar-refractivity contribution in [1.29, 1.82) is 0 Å². The van der Waals surface area contributed by atoms with Gasteiger partial charge in [0, 0.05) is 19.5 Å². The van der Waals surface area contributed by atoms with Crippen molar-refractivity contribution < 1.29 is 9.21 Å². The first kappa shape index (κ1) is 12.8. The van der Waals surface area contributed by atoms with E-state index in [1.807, 2.05) is 12.1 Å². The summed E-state index contributed by atoms with van der Waals surface area (Å²) in [7, 11) is 0. The largest absolute Gasteiger partial charge is 0.467 e. The van der Waals surface area contributed by atoms with Crippen LogP contribution in [0.5, 0.6) is 0 Å². The van der Waals surface area contributed by atoms with Crippen molar-refractivity contribution in [3.8, 4) is 0 Å². The van der Waals surface area contributed by atoms with Gasteiger partial charge in [-0.3, -0.25) is 4.79 Å². The third kappa shape index (κ3) is 4.06. The Morgan fingerprint density at radius 1 is 1.56 bits per heavy atom. The van der Waals surface area contributed by atoms with Crippen LogP contribution in [-0.4, -0.2) is 23.9 Å². The molecule has 0 aliphatic heterocycles. The van der Waals surface area contributed by atoms with Crippen molar-refractivity contribution in [3.05, 3.63) is 24.2 Å². The molecule has 0 aromatic carbocycles. The number of furan rings is 1. The lowest BCUT2D eigenvalue weighted by atomic mass is 10.2. The van der Waals surface area contributed by atoms with Gasteiger partial charge < -0.3 is 15.1 Å². The van der Waals surface area contributed by atoms with Crippen molar-refractivity contribution in [3.63, 3.8) is 0 Å². The number of hydrogen-bond acceptors (Lipinski definition) is 3. The topological polar surface area (TPSA) is 59.5 Å². The second-order valence-corrected chi connectivity index (χ2v) is 4.29. The highest BCUT2D eigenvalue weighted by atomic mass is 16.3. The predicted octanol–water partition coefficient (Wildman–Crippen LogP) is 1.61. The van der Waals surface area contributed by atoms with Gasteiger partial charge in [0.25, 0.3) is 0 Å². The molecule has 1 aromatic rings. The zero-order valence-electron chi connectivity index (χ0n) is 9.98. The van der Waals surface area contributed by atoms with Gasteiger partial charge in [0.15, 0.2) is 0 Å². The zero-order chi connectivity index (χ0) is 12.0. The quantitative estimate of drug-likeness (QED) is 0.798. The number of nitrogens with zero attached hydrogens (tertiary/aromatic N) is 1. The maximum Gasteiger partial charge on any atom is 0.224 e. The smallest absolute Gasteiger partial charge is 0.224 e. The monoisotopic (exact) mass is 224 g/mol. The number of rotatable bonds is 6. The van der Waals surface area contributed by atoms with E-state index in [1.54, 1.807) is 11.2 Å². The molecule has 1 heterocycles. The van der Waals surface area contributed by atoms with E-state index in [-0.39, 0.29) is 5.91 Å². The van der Waals surface area contributed by atoms with Gasteiger partial charge in [0.1, 0.15) is 5.76 Å². The minimum atomic E-state index is 0.0904. The van der Waals surface area contributed by atoms with Gasteiger partial charge in [-0.2, -0.15) is 0 Å². The van der Waals surface area contributed by atoms with E-state index in [0.717, 1.165) is 12.3 Å². The highest BCUT2D eigenvalue weighted by Crippen LogP contribution is 2.09. The standard InChI is InChI=1S/C12H20N2O2/c1-10(2)8-14(12(15)5-6-13)9-11-4-3-7-16-11/h3-4,7,10H,5-6,8-9,13H2,1-2H3. The fourth-order valence-corrected chi connectivity index (χ4v) is 1.57. The van der Waals surface area contributed by atoms with Crippen molar-refractivity contribution in [1.82, 2.24) is 4.90 Å². The third-order valence-electron chi connectivity index (χ3n) is 2.22. The Morgan fingerprint density at radius 2 is 2.31 bits per heavy atom. The SMILES string of the molecule is CC(C)CN(Cc1ccco1)C(=O)CCN. The summed E-state index contributed by atoms with van der Waals surface area (Å²) in [5.41, 5.74) is 5.40. The molecule has 0 unspecified atom stereocenters. The molecule has 0 spiro atoms. The summed E-state index contributed by atoms with van der Waals surface area (Å²) < 4.78 is 5.25. The Labute approximate surface area is 96.4 Å². The van der Waals surface area contributed by atoms with Crippen molar-refractivity contribution in [2.75, 3.05) is 13.1 Å². The van der Waals surface area contributed by atoms with E-state index in [1.165, 1.54) is 0 Å². The summed E-state index contributed by atoms with van der Waals surface area (Å²) >= 11 is 0. The zero-order valence-corrected chi connectivity index (χ0v) is 9.98. The molecule has 0 bridgehead atoms. The van der Waals surface area contributed by atoms with Crippen molar-refractivity contribution in [2.24, 2.45) is 11.7 Å². The molecule has 0 fully saturated rings. The van der Waals surface area contributed by atoms with E-state index in [0.29, 0.717) is 25.4 Å². The minimum Gasteiger partial charge on any atom is -0.467 e. The normalized spacial score (nSPS) is 10.8. The highest BCUT2D eigenvalue weighted by molar-refractivity contribution is 5.76. The number of carbonyl (C=O) groups excluding carboxylic acids is 1. The molecule has 0 saturated heterocycles. The summed E-state index contributed by atoms with van der Waals surface area (Å²) in [4.78, 5) is 13.6. The molecular weight excluding hydrogens is 204 g/mol. The number of carbonyl (C=O) groups is 1. The van der Waals surface area contributed by atoms with Crippen LogP contribution in [0.2, 0.25) is 0 Å². The van der Waals surface area contributed by atoms with E-state index in [4.69, 9.17) is 10.2 Å². The van der Waals surface area contributed by atoms with Crippen molar-refractivity contribution >= 4 is 5.91 Å². The lowest BCUT2D eigenvalue weighted by Gasteiger charge is -2.23. The minimum absolute atomic E-state index is 0.0904. The Kier molecular flexibility index (Phi) is 5.05. The molecule has 16 heavy (non-hydrogen) atoms. The molecule has 0 aliphatic carbocycles. The lowest BCUT2D eigenvalue weighted by molar-refractivity contribution is -0.132. The number of amides is 1. The Bertz CT molecular complexity index is 307. The molecule has 1 aromatic heterocycles. The van der Waals surface area contributed by atoms with Gasteiger partial charge in [0.2, 0.25) is 5.91 Å². The maximum absolute atomic E-state index is 11.8. The van der Waals surface area contributed by atoms with Crippen molar-refractivity contribution in [2.45, 2.75) is 26.8 Å². The molecule has 1 amide bonds. The van der Waals surface area contributed by atoms with E-state index < -0.39 is 0 Å². The molecule has 1 rings (SSSR count). The van der Waals surface area contributed by atoms with E-state index in [9.17, 15) is 4.79 Å². The van der Waals surface area contributed by atoms with Crippen LogP contribution < -0.4 is 5.73 Å². The molecule has 0 aliphatic rings. The van der Waals surface area contributed by atoms with Crippen LogP contribution in [0.3, 0.4) is 0 Å². The maximum atomic E-state index is 11.8. The van der Waals surface area contributed by atoms with Crippen LogP contribution >= 0.6 is 0 Å². The predicted molar refractivity (Wildman–Crippen MR) is 62.6 cm³/mol. The van der Waals surface area contributed by atoms with Gasteiger partial charge in [-0.1, -0.05) is 13.8 Å². The number of nitrogens with two attached hydrogens (primary N) is 1. The first-order chi connectivity index (χ1) is 7.63. The molecular formula is C12H20N2O2. The second-order valence-electron chi connectivity index (χ2n) is 4.29. The molecule has 90 valence electrons. The highest BCUT2D eigenvalue weighted by Gasteiger charge is 2.15. The van der Waals surface area contributed by atoms with Gasteiger partial charge in [0.05, 0.1) is 12.8 Å². The Morgan fingerprint density at radius 3 is 2.81 bits per heavy atom. The van der Waals surface area contributed by atoms with Crippen LogP contribution in [0.4, 0.5) is 0 Å². The third-order valence-corrected chi connectivity index (χ3v) is 2.22. The van der Waals surface area contributed by atoms with Gasteiger partial charge in [-0.15, -0.1) is 0 Å². The summed E-state index contributed by atoms with van der Waals surface area (Å²) in [5.74, 6) is 1.34. The second kappa shape index (κ2) is 6.33. The van der Waals surface area contributed by atoms with Gasteiger partial charge in [-0.25, -0.2) is 0 Å². The summed E-state index contributed by atoms with van der Waals surface area (Å²) in [6.07, 6.45) is 2.02. The van der Waals surface area contributed by atoms with Gasteiger partial charge in [-0.05, 0) is 18.1 Å². The van der Waals surface area contributed by atoms with Crippen LogP contribution in [0.25, 0.3) is 0 Å². The van der Waals surface area contributed by atoms with E-state index >= 15 is 0 Å². The lowest BCUT2D eigenvalue weighted by Crippen LogP contribution is -2.34. The first-order valence-electron chi connectivity index (χ1n) is 5.63. The molecule has 2 N–H and O–H groups in total. The average molecular weight is 224 g/mol. The first-order valence-corrected chi connectivity index (χ1v) is 5.63. The summed E-state index contributed by atoms with van der Waals surface area (Å²) in [5, 5.41) is 0. The van der Waals surface area contributed by atoms with Crippen LogP contribution in [0.15, 0.2) is 22.8 Å². The fourth-order valence-electron chi connectivity index (χ4n) is 1.57. The summed E-state index contributed by atoms with van der Waals surface area (Å²) in [6, 6.07) is 3.71. The Balaban J connectivity index is 2.59. The molecule has 4 nitrogen and oxygen atoms in total. The fraction of sp³-hybridized carbons (Fsp3) is 0.583. The van der Waals surface area contributed by atoms with Gasteiger partial charge >= 0.3 is 0 Å². The molecule has 0 radical (unpaired) electrons. The van der Waals surface area contributed by atoms with E-state index in [2.05, 4.69) is 13.8 Å². The number of hydrogen-bond donors (Lipinski definition) is 1. The summed E-state index contributed by atoms with van der Waals surface area (Å²) in [6.45, 7) is 5.84. The molecule has 0 atom stereocenters. The van der Waals surface area contributed by atoms with Crippen LogP contribution in [-0.2, 0) is 11.3 Å². The molecule has 4 heteroatoms. The Hall–Kier alpha value is -1.29. The average Bonchev–Trinajstić information content (AvgIpc) is 2.69. The van der Waals surface area contributed by atoms with Crippen LogP contribution in [0, 0.1) is 5.92 Å².